The molecule has 1 aromatic carbocycles. The van der Waals surface area contributed by atoms with E-state index in [9.17, 15) is 0 Å². The number of aliphatic imine (C=N–C) groups is 1. The van der Waals surface area contributed by atoms with Gasteiger partial charge in [-0.25, -0.2) is 4.99 Å². The number of rotatable bonds is 2. The second kappa shape index (κ2) is 6.60. The predicted molar refractivity (Wildman–Crippen MR) is 75.0 cm³/mol. The fraction of sp³-hybridized carbons (Fsp3) is 0. The van der Waals surface area contributed by atoms with Crippen LogP contribution in [0.5, 0.6) is 0 Å². The molecular weight excluding hydrogens is 279 g/mol. The number of hydrogen-bond acceptors (Lipinski definition) is 2. The Morgan fingerprint density at radius 1 is 1.12 bits per heavy atom. The smallest absolute Gasteiger partial charge is 0.137 e. The van der Waals surface area contributed by atoms with Gasteiger partial charge >= 0.3 is 0 Å². The molecular formula is C12H9Cl3N2. The zero-order chi connectivity index (χ0) is 11.4. The van der Waals surface area contributed by atoms with Gasteiger partial charge in [-0.15, -0.1) is 12.4 Å². The molecule has 0 atom stereocenters. The van der Waals surface area contributed by atoms with Gasteiger partial charge in [0.25, 0.3) is 0 Å². The molecule has 0 aliphatic rings. The average Bonchev–Trinajstić information content (AvgIpc) is 2.31. The Hall–Kier alpha value is -1.09. The molecule has 1 aromatic heterocycles. The molecule has 0 saturated heterocycles. The molecule has 0 saturated carbocycles. The van der Waals surface area contributed by atoms with Crippen molar-refractivity contribution in [3.05, 3.63) is 59.4 Å². The zero-order valence-electron chi connectivity index (χ0n) is 8.68. The topological polar surface area (TPSA) is 25.2 Å². The van der Waals surface area contributed by atoms with Crippen LogP contribution in [0.1, 0.15) is 5.56 Å². The molecule has 2 rings (SSSR count). The maximum atomic E-state index is 6.07. The Bertz CT molecular complexity index is 495. The van der Waals surface area contributed by atoms with Crippen LogP contribution in [0.25, 0.3) is 0 Å². The van der Waals surface area contributed by atoms with E-state index >= 15 is 0 Å². The van der Waals surface area contributed by atoms with Crippen molar-refractivity contribution in [2.75, 3.05) is 0 Å². The number of hydrogen-bond donors (Lipinski definition) is 0. The number of aromatic nitrogens is 1. The summed E-state index contributed by atoms with van der Waals surface area (Å²) in [6, 6.07) is 10.8. The summed E-state index contributed by atoms with van der Waals surface area (Å²) >= 11 is 11.9. The van der Waals surface area contributed by atoms with Crippen molar-refractivity contribution >= 4 is 46.5 Å². The number of halogens is 3. The van der Waals surface area contributed by atoms with Gasteiger partial charge in [-0.2, -0.15) is 0 Å². The molecule has 0 aliphatic heterocycles. The van der Waals surface area contributed by atoms with Crippen molar-refractivity contribution in [3.8, 4) is 0 Å². The van der Waals surface area contributed by atoms with E-state index in [1.54, 1.807) is 24.5 Å². The maximum Gasteiger partial charge on any atom is 0.137 e. The van der Waals surface area contributed by atoms with Crippen molar-refractivity contribution in [1.29, 1.82) is 0 Å². The van der Waals surface area contributed by atoms with Crippen molar-refractivity contribution < 1.29 is 0 Å². The van der Waals surface area contributed by atoms with E-state index in [-0.39, 0.29) is 12.4 Å². The first kappa shape index (κ1) is 14.0. The minimum absolute atomic E-state index is 0. The third-order valence-corrected chi connectivity index (χ3v) is 2.51. The third-order valence-electron chi connectivity index (χ3n) is 1.96. The summed E-state index contributed by atoms with van der Waals surface area (Å²) in [6.45, 7) is 0. The molecule has 0 amide bonds. The lowest BCUT2D eigenvalue weighted by Gasteiger charge is -1.98. The number of nitrogens with zero attached hydrogens (tertiary/aromatic N) is 2. The normalized spacial score (nSPS) is 10.8. The highest BCUT2D eigenvalue weighted by atomic mass is 35.5. The molecule has 0 unspecified atom stereocenters. The number of benzene rings is 1. The van der Waals surface area contributed by atoms with E-state index < -0.39 is 0 Å². The highest BCUT2D eigenvalue weighted by molar-refractivity contribution is 6.69. The molecule has 5 heteroatoms. The van der Waals surface area contributed by atoms with Gasteiger partial charge in [0, 0.05) is 16.8 Å². The van der Waals surface area contributed by atoms with E-state index in [0.29, 0.717) is 10.2 Å². The lowest BCUT2D eigenvalue weighted by molar-refractivity contribution is 1.31. The van der Waals surface area contributed by atoms with Crippen LogP contribution in [0.15, 0.2) is 53.8 Å². The first-order valence-electron chi connectivity index (χ1n) is 4.66. The van der Waals surface area contributed by atoms with Gasteiger partial charge in [0.2, 0.25) is 0 Å². The van der Waals surface area contributed by atoms with Gasteiger partial charge < -0.3 is 0 Å². The van der Waals surface area contributed by atoms with Gasteiger partial charge in [-0.05, 0) is 24.3 Å². The Morgan fingerprint density at radius 2 is 1.82 bits per heavy atom. The molecule has 2 nitrogen and oxygen atoms in total. The lowest BCUT2D eigenvalue weighted by Crippen LogP contribution is -1.89. The van der Waals surface area contributed by atoms with Crippen molar-refractivity contribution in [1.82, 2.24) is 4.98 Å². The molecule has 0 fully saturated rings. The van der Waals surface area contributed by atoms with Crippen LogP contribution in [-0.2, 0) is 0 Å². The summed E-state index contributed by atoms with van der Waals surface area (Å²) < 4.78 is 0. The SMILES string of the molecule is Cl.ClC(=Nc1cccnc1)c1ccc(Cl)cc1. The van der Waals surface area contributed by atoms with Crippen LogP contribution >= 0.6 is 35.6 Å². The largest absolute Gasteiger partial charge is 0.262 e. The van der Waals surface area contributed by atoms with E-state index in [4.69, 9.17) is 23.2 Å². The monoisotopic (exact) mass is 286 g/mol. The van der Waals surface area contributed by atoms with Crippen LogP contribution < -0.4 is 0 Å². The second-order valence-electron chi connectivity index (χ2n) is 3.12. The van der Waals surface area contributed by atoms with Crippen LogP contribution in [0.2, 0.25) is 5.02 Å². The summed E-state index contributed by atoms with van der Waals surface area (Å²) in [7, 11) is 0. The van der Waals surface area contributed by atoms with E-state index in [0.717, 1.165) is 11.3 Å². The molecule has 0 spiro atoms. The minimum atomic E-state index is 0. The highest BCUT2D eigenvalue weighted by Gasteiger charge is 1.99. The number of pyridine rings is 1. The Kier molecular flexibility index (Phi) is 5.42. The van der Waals surface area contributed by atoms with Crippen molar-refractivity contribution in [2.45, 2.75) is 0 Å². The second-order valence-corrected chi connectivity index (χ2v) is 3.92. The molecule has 0 bridgehead atoms. The fourth-order valence-electron chi connectivity index (χ4n) is 1.19. The van der Waals surface area contributed by atoms with E-state index in [2.05, 4.69) is 9.98 Å². The molecule has 2 aromatic rings. The highest BCUT2D eigenvalue weighted by Crippen LogP contribution is 2.16. The summed E-state index contributed by atoms with van der Waals surface area (Å²) in [5, 5.41) is 1.10. The van der Waals surface area contributed by atoms with Crippen molar-refractivity contribution in [3.63, 3.8) is 0 Å². The zero-order valence-corrected chi connectivity index (χ0v) is 11.0. The molecule has 88 valence electrons. The predicted octanol–water partition coefficient (Wildman–Crippen LogP) is 4.47. The van der Waals surface area contributed by atoms with Gasteiger partial charge in [0.1, 0.15) is 5.17 Å². The fourth-order valence-corrected chi connectivity index (χ4v) is 1.53. The standard InChI is InChI=1S/C12H8Cl2N2.ClH/c13-10-5-3-9(4-6-10)12(14)16-11-2-1-7-15-8-11;/h1-8H;1H. The van der Waals surface area contributed by atoms with Crippen molar-refractivity contribution in [2.24, 2.45) is 4.99 Å². The van der Waals surface area contributed by atoms with Gasteiger partial charge in [0.15, 0.2) is 0 Å². The first-order valence-corrected chi connectivity index (χ1v) is 5.41. The van der Waals surface area contributed by atoms with Crippen LogP contribution in [0.4, 0.5) is 5.69 Å². The minimum Gasteiger partial charge on any atom is -0.262 e. The van der Waals surface area contributed by atoms with E-state index in [1.807, 2.05) is 24.3 Å². The molecule has 1 heterocycles. The molecule has 17 heavy (non-hydrogen) atoms. The van der Waals surface area contributed by atoms with Gasteiger partial charge in [-0.1, -0.05) is 35.3 Å². The first-order chi connectivity index (χ1) is 7.75. The summed E-state index contributed by atoms with van der Waals surface area (Å²) in [4.78, 5) is 8.19. The van der Waals surface area contributed by atoms with E-state index in [1.165, 1.54) is 0 Å². The maximum absolute atomic E-state index is 6.07. The summed E-state index contributed by atoms with van der Waals surface area (Å²) in [5.74, 6) is 0. The third kappa shape index (κ3) is 4.00. The average molecular weight is 288 g/mol. The quantitative estimate of drug-likeness (QED) is 0.748. The van der Waals surface area contributed by atoms with Gasteiger partial charge in [0.05, 0.1) is 11.9 Å². The summed E-state index contributed by atoms with van der Waals surface area (Å²) in [5.41, 5.74) is 1.55. The Labute approximate surface area is 116 Å². The van der Waals surface area contributed by atoms with Crippen LogP contribution in [0.3, 0.4) is 0 Å². The lowest BCUT2D eigenvalue weighted by atomic mass is 10.2. The molecule has 0 aliphatic carbocycles. The Balaban J connectivity index is 0.00000144. The Morgan fingerprint density at radius 3 is 2.41 bits per heavy atom. The molecule has 0 N–H and O–H groups in total. The van der Waals surface area contributed by atoms with Gasteiger partial charge in [-0.3, -0.25) is 4.98 Å². The molecule has 0 radical (unpaired) electrons. The van der Waals surface area contributed by atoms with Crippen LogP contribution in [-0.4, -0.2) is 10.2 Å². The summed E-state index contributed by atoms with van der Waals surface area (Å²) in [6.07, 6.45) is 3.34. The van der Waals surface area contributed by atoms with Crippen LogP contribution in [0, 0.1) is 0 Å².